The minimum atomic E-state index is -4.54. The Morgan fingerprint density at radius 3 is 2.50 bits per heavy atom. The summed E-state index contributed by atoms with van der Waals surface area (Å²) in [5, 5.41) is 12.9. The van der Waals surface area contributed by atoms with Gasteiger partial charge in [-0.15, -0.1) is 0 Å². The summed E-state index contributed by atoms with van der Waals surface area (Å²) >= 11 is 5.74. The van der Waals surface area contributed by atoms with E-state index in [0.717, 1.165) is 4.68 Å². The van der Waals surface area contributed by atoms with Crippen LogP contribution in [0.1, 0.15) is 24.1 Å². The molecule has 0 radical (unpaired) electrons. The maximum Gasteiger partial charge on any atom is 0.435 e. The van der Waals surface area contributed by atoms with Crippen LogP contribution in [0.2, 0.25) is 5.15 Å². The van der Waals surface area contributed by atoms with Gasteiger partial charge >= 0.3 is 6.18 Å². The summed E-state index contributed by atoms with van der Waals surface area (Å²) < 4.78 is 38.8. The molecule has 1 heterocycles. The lowest BCUT2D eigenvalue weighted by Gasteiger charge is -2.09. The molecule has 16 heavy (non-hydrogen) atoms. The first kappa shape index (κ1) is 11.7. The van der Waals surface area contributed by atoms with E-state index in [2.05, 4.69) is 5.10 Å². The van der Waals surface area contributed by atoms with Crippen molar-refractivity contribution in [1.29, 1.82) is 0 Å². The highest BCUT2D eigenvalue weighted by Gasteiger charge is 2.45. The predicted molar refractivity (Wildman–Crippen MR) is 51.1 cm³/mol. The van der Waals surface area contributed by atoms with Crippen LogP contribution in [-0.2, 0) is 19.6 Å². The van der Waals surface area contributed by atoms with Crippen LogP contribution in [0.4, 0.5) is 13.2 Å². The van der Waals surface area contributed by atoms with Crippen LogP contribution in [-0.4, -0.2) is 20.5 Å². The smallest absolute Gasteiger partial charge is 0.390 e. The molecule has 0 atom stereocenters. The number of alkyl halides is 3. The van der Waals surface area contributed by atoms with Gasteiger partial charge in [0.1, 0.15) is 5.15 Å². The van der Waals surface area contributed by atoms with Crippen molar-refractivity contribution in [2.24, 2.45) is 7.05 Å². The van der Waals surface area contributed by atoms with E-state index in [9.17, 15) is 18.3 Å². The second kappa shape index (κ2) is 3.37. The average Bonchev–Trinajstić information content (AvgIpc) is 2.80. The van der Waals surface area contributed by atoms with Crippen molar-refractivity contribution in [3.63, 3.8) is 0 Å². The van der Waals surface area contributed by atoms with Gasteiger partial charge in [-0.2, -0.15) is 18.3 Å². The Kier molecular flexibility index (Phi) is 2.47. The van der Waals surface area contributed by atoms with Crippen molar-refractivity contribution in [3.8, 4) is 0 Å². The number of aryl methyl sites for hydroxylation is 1. The molecule has 0 amide bonds. The fourth-order valence-corrected chi connectivity index (χ4v) is 1.78. The van der Waals surface area contributed by atoms with Gasteiger partial charge in [0.25, 0.3) is 0 Å². The molecule has 1 N–H and O–H groups in total. The molecule has 0 unspecified atom stereocenters. The molecule has 2 rings (SSSR count). The first-order valence-corrected chi connectivity index (χ1v) is 5.12. The van der Waals surface area contributed by atoms with Crippen molar-refractivity contribution in [2.75, 3.05) is 0 Å². The molecule has 0 bridgehead atoms. The van der Waals surface area contributed by atoms with Crippen molar-refractivity contribution in [1.82, 2.24) is 9.78 Å². The molecule has 1 fully saturated rings. The molecular formula is C9H10ClF3N2O. The lowest BCUT2D eigenvalue weighted by atomic mass is 10.1. The van der Waals surface area contributed by atoms with Gasteiger partial charge in [0.2, 0.25) is 0 Å². The normalized spacial score (nSPS) is 18.9. The summed E-state index contributed by atoms with van der Waals surface area (Å²) in [6, 6.07) is 0. The third-order valence-electron chi connectivity index (χ3n) is 2.67. The van der Waals surface area contributed by atoms with E-state index in [1.807, 2.05) is 0 Å². The Labute approximate surface area is 94.8 Å². The van der Waals surface area contributed by atoms with Crippen molar-refractivity contribution < 1.29 is 18.3 Å². The predicted octanol–water partition coefficient (Wildman–Crippen LogP) is 2.16. The molecule has 0 aliphatic heterocycles. The number of aromatic nitrogens is 2. The molecular weight excluding hydrogens is 245 g/mol. The molecule has 0 saturated heterocycles. The zero-order valence-corrected chi connectivity index (χ0v) is 9.23. The highest BCUT2D eigenvalue weighted by Crippen LogP contribution is 2.43. The van der Waals surface area contributed by atoms with Gasteiger partial charge in [0.15, 0.2) is 5.69 Å². The van der Waals surface area contributed by atoms with Crippen LogP contribution < -0.4 is 0 Å². The maximum atomic E-state index is 12.6. The van der Waals surface area contributed by atoms with E-state index in [-0.39, 0.29) is 17.1 Å². The molecule has 0 aromatic carbocycles. The van der Waals surface area contributed by atoms with Gasteiger partial charge in [0, 0.05) is 19.0 Å². The highest BCUT2D eigenvalue weighted by atomic mass is 35.5. The Hall–Kier alpha value is -0.750. The monoisotopic (exact) mass is 254 g/mol. The fourth-order valence-electron chi connectivity index (χ4n) is 1.58. The summed E-state index contributed by atoms with van der Waals surface area (Å²) in [5.74, 6) is 0. The second-order valence-electron chi connectivity index (χ2n) is 4.14. The molecule has 90 valence electrons. The Bertz CT molecular complexity index is 423. The van der Waals surface area contributed by atoms with E-state index in [0.29, 0.717) is 12.8 Å². The zero-order valence-electron chi connectivity index (χ0n) is 8.47. The number of rotatable bonds is 2. The molecule has 7 heteroatoms. The van der Waals surface area contributed by atoms with Gasteiger partial charge in [-0.05, 0) is 12.8 Å². The van der Waals surface area contributed by atoms with Crippen LogP contribution >= 0.6 is 11.6 Å². The van der Waals surface area contributed by atoms with Crippen molar-refractivity contribution in [3.05, 3.63) is 16.4 Å². The summed E-state index contributed by atoms with van der Waals surface area (Å²) in [6.07, 6.45) is -3.61. The van der Waals surface area contributed by atoms with E-state index < -0.39 is 17.5 Å². The molecule has 1 aliphatic carbocycles. The summed E-state index contributed by atoms with van der Waals surface area (Å²) in [6.45, 7) is 0. The quantitative estimate of drug-likeness (QED) is 0.878. The number of nitrogens with zero attached hydrogens (tertiary/aromatic N) is 2. The third kappa shape index (κ3) is 2.04. The van der Waals surface area contributed by atoms with Gasteiger partial charge in [-0.1, -0.05) is 11.6 Å². The van der Waals surface area contributed by atoms with Crippen LogP contribution in [0.5, 0.6) is 0 Å². The molecule has 1 aromatic rings. The summed E-state index contributed by atoms with van der Waals surface area (Å²) in [5.41, 5.74) is -2.14. The summed E-state index contributed by atoms with van der Waals surface area (Å²) in [7, 11) is 1.35. The number of halogens is 4. The van der Waals surface area contributed by atoms with E-state index in [1.165, 1.54) is 7.05 Å². The SMILES string of the molecule is Cn1nc(C(F)(F)F)c(CC2(O)CC2)c1Cl. The molecule has 1 aliphatic rings. The van der Waals surface area contributed by atoms with Crippen LogP contribution in [0, 0.1) is 0 Å². The largest absolute Gasteiger partial charge is 0.435 e. The highest BCUT2D eigenvalue weighted by molar-refractivity contribution is 6.30. The van der Waals surface area contributed by atoms with Gasteiger partial charge in [-0.3, -0.25) is 4.68 Å². The Morgan fingerprint density at radius 2 is 2.06 bits per heavy atom. The fraction of sp³-hybridized carbons (Fsp3) is 0.667. The topological polar surface area (TPSA) is 38.0 Å². The van der Waals surface area contributed by atoms with Crippen LogP contribution in [0.15, 0.2) is 0 Å². The van der Waals surface area contributed by atoms with Crippen molar-refractivity contribution in [2.45, 2.75) is 31.0 Å². The Balaban J connectivity index is 2.41. The lowest BCUT2D eigenvalue weighted by Crippen LogP contribution is -2.16. The molecule has 1 saturated carbocycles. The minimum Gasteiger partial charge on any atom is -0.390 e. The van der Waals surface area contributed by atoms with Gasteiger partial charge < -0.3 is 5.11 Å². The second-order valence-corrected chi connectivity index (χ2v) is 4.50. The zero-order chi connectivity index (χ0) is 12.1. The standard InChI is InChI=1S/C9H10ClF3N2O/c1-15-7(10)5(4-8(16)2-3-8)6(14-15)9(11,12)13/h16H,2-4H2,1H3. The van der Waals surface area contributed by atoms with Crippen LogP contribution in [0.25, 0.3) is 0 Å². The Morgan fingerprint density at radius 1 is 1.50 bits per heavy atom. The molecule has 1 aromatic heterocycles. The van der Waals surface area contributed by atoms with E-state index in [1.54, 1.807) is 0 Å². The van der Waals surface area contributed by atoms with Crippen molar-refractivity contribution >= 4 is 11.6 Å². The van der Waals surface area contributed by atoms with E-state index >= 15 is 0 Å². The van der Waals surface area contributed by atoms with Gasteiger partial charge in [-0.25, -0.2) is 0 Å². The number of aliphatic hydroxyl groups is 1. The number of hydrogen-bond acceptors (Lipinski definition) is 2. The lowest BCUT2D eigenvalue weighted by molar-refractivity contribution is -0.142. The van der Waals surface area contributed by atoms with Crippen LogP contribution in [0.3, 0.4) is 0 Å². The van der Waals surface area contributed by atoms with Gasteiger partial charge in [0.05, 0.1) is 5.60 Å². The molecule has 3 nitrogen and oxygen atoms in total. The average molecular weight is 255 g/mol. The first-order chi connectivity index (χ1) is 7.23. The maximum absolute atomic E-state index is 12.6. The minimum absolute atomic E-state index is 0.0624. The third-order valence-corrected chi connectivity index (χ3v) is 3.14. The molecule has 0 spiro atoms. The first-order valence-electron chi connectivity index (χ1n) is 4.74. The summed E-state index contributed by atoms with van der Waals surface area (Å²) in [4.78, 5) is 0. The van der Waals surface area contributed by atoms with E-state index in [4.69, 9.17) is 11.6 Å². The number of hydrogen-bond donors (Lipinski definition) is 1.